The van der Waals surface area contributed by atoms with Crippen LogP contribution in [0.5, 0.6) is 0 Å². The van der Waals surface area contributed by atoms with Crippen LogP contribution in [0.25, 0.3) is 0 Å². The Kier molecular flexibility index (Phi) is 3.38. The van der Waals surface area contributed by atoms with Crippen LogP contribution in [-0.4, -0.2) is 24.0 Å². The number of carbonyl (C=O) groups excluding carboxylic acids is 1. The molecule has 3 nitrogen and oxygen atoms in total. The summed E-state index contributed by atoms with van der Waals surface area (Å²) in [6.07, 6.45) is 8.71. The summed E-state index contributed by atoms with van der Waals surface area (Å²) in [7, 11) is 0. The fourth-order valence-electron chi connectivity index (χ4n) is 0.982. The molecular weight excluding hydrogens is 154 g/mol. The molecule has 1 aliphatic rings. The average Bonchev–Trinajstić information content (AvgIpc) is 2.06. The standard InChI is InChI=1S/C9H13NO2/c1-2-12-9(11)8-10-6-4-3-5-7-10/h4-7H,2-3,8H2,1H3. The third kappa shape index (κ3) is 2.78. The predicted octanol–water partition coefficient (Wildman–Crippen LogP) is 1.28. The molecule has 0 fully saturated rings. The Balaban J connectivity index is 2.30. The second-order valence-electron chi connectivity index (χ2n) is 2.48. The first-order chi connectivity index (χ1) is 5.83. The Morgan fingerprint density at radius 1 is 1.50 bits per heavy atom. The number of rotatable bonds is 3. The van der Waals surface area contributed by atoms with Crippen molar-refractivity contribution in [2.45, 2.75) is 13.3 Å². The van der Waals surface area contributed by atoms with Crippen LogP contribution in [0.4, 0.5) is 0 Å². The van der Waals surface area contributed by atoms with Crippen molar-refractivity contribution in [3.05, 3.63) is 24.6 Å². The molecule has 3 heteroatoms. The predicted molar refractivity (Wildman–Crippen MR) is 46.2 cm³/mol. The molecule has 12 heavy (non-hydrogen) atoms. The van der Waals surface area contributed by atoms with Crippen molar-refractivity contribution in [3.8, 4) is 0 Å². The van der Waals surface area contributed by atoms with Gasteiger partial charge in [0.1, 0.15) is 6.54 Å². The van der Waals surface area contributed by atoms with E-state index in [4.69, 9.17) is 4.74 Å². The monoisotopic (exact) mass is 167 g/mol. The second kappa shape index (κ2) is 4.59. The maximum Gasteiger partial charge on any atom is 0.325 e. The van der Waals surface area contributed by atoms with Crippen LogP contribution >= 0.6 is 0 Å². The molecule has 0 spiro atoms. The molecule has 0 aromatic carbocycles. The van der Waals surface area contributed by atoms with Crippen LogP contribution in [0, 0.1) is 0 Å². The number of ether oxygens (including phenoxy) is 1. The van der Waals surface area contributed by atoms with Gasteiger partial charge in [0.25, 0.3) is 0 Å². The van der Waals surface area contributed by atoms with Gasteiger partial charge in [-0.15, -0.1) is 0 Å². The van der Waals surface area contributed by atoms with E-state index in [1.807, 2.05) is 29.5 Å². The minimum atomic E-state index is -0.186. The summed E-state index contributed by atoms with van der Waals surface area (Å²) in [4.78, 5) is 12.8. The van der Waals surface area contributed by atoms with Crippen LogP contribution in [0.2, 0.25) is 0 Å². The molecule has 0 aromatic heterocycles. The molecule has 0 unspecified atom stereocenters. The van der Waals surface area contributed by atoms with E-state index in [0.29, 0.717) is 13.2 Å². The summed E-state index contributed by atoms with van der Waals surface area (Å²) in [5.41, 5.74) is 0. The first kappa shape index (κ1) is 8.84. The Morgan fingerprint density at radius 3 is 2.75 bits per heavy atom. The molecule has 0 radical (unpaired) electrons. The topological polar surface area (TPSA) is 29.5 Å². The van der Waals surface area contributed by atoms with Gasteiger partial charge in [0, 0.05) is 12.4 Å². The second-order valence-corrected chi connectivity index (χ2v) is 2.48. The molecule has 0 N–H and O–H groups in total. The van der Waals surface area contributed by atoms with E-state index < -0.39 is 0 Å². The van der Waals surface area contributed by atoms with Gasteiger partial charge in [0.2, 0.25) is 0 Å². The maximum absolute atomic E-state index is 11.0. The lowest BCUT2D eigenvalue weighted by Crippen LogP contribution is -2.22. The van der Waals surface area contributed by atoms with Crippen LogP contribution in [0.1, 0.15) is 13.3 Å². The molecular formula is C9H13NO2. The fourth-order valence-corrected chi connectivity index (χ4v) is 0.982. The van der Waals surface area contributed by atoms with Gasteiger partial charge in [0.15, 0.2) is 0 Å². The number of carbonyl (C=O) groups is 1. The van der Waals surface area contributed by atoms with Crippen LogP contribution in [0.3, 0.4) is 0 Å². The first-order valence-electron chi connectivity index (χ1n) is 4.07. The zero-order valence-electron chi connectivity index (χ0n) is 7.19. The summed E-state index contributed by atoms with van der Waals surface area (Å²) < 4.78 is 4.80. The zero-order valence-corrected chi connectivity index (χ0v) is 7.19. The molecule has 0 aromatic rings. The summed E-state index contributed by atoms with van der Waals surface area (Å²) in [5.74, 6) is -0.186. The van der Waals surface area contributed by atoms with E-state index in [9.17, 15) is 4.79 Å². The third-order valence-electron chi connectivity index (χ3n) is 1.48. The lowest BCUT2D eigenvalue weighted by atomic mass is 10.3. The molecule has 0 saturated heterocycles. The van der Waals surface area contributed by atoms with Crippen LogP contribution < -0.4 is 0 Å². The highest BCUT2D eigenvalue weighted by Crippen LogP contribution is 2.01. The highest BCUT2D eigenvalue weighted by Gasteiger charge is 2.05. The van der Waals surface area contributed by atoms with Crippen molar-refractivity contribution in [3.63, 3.8) is 0 Å². The minimum absolute atomic E-state index is 0.186. The van der Waals surface area contributed by atoms with Crippen LogP contribution in [0.15, 0.2) is 24.6 Å². The van der Waals surface area contributed by atoms with E-state index in [1.54, 1.807) is 6.92 Å². The fraction of sp³-hybridized carbons (Fsp3) is 0.444. The Labute approximate surface area is 72.3 Å². The summed E-state index contributed by atoms with van der Waals surface area (Å²) in [6.45, 7) is 2.56. The largest absolute Gasteiger partial charge is 0.465 e. The van der Waals surface area contributed by atoms with Gasteiger partial charge in [-0.2, -0.15) is 0 Å². The van der Waals surface area contributed by atoms with Crippen molar-refractivity contribution in [2.24, 2.45) is 0 Å². The van der Waals surface area contributed by atoms with E-state index in [1.165, 1.54) is 0 Å². The van der Waals surface area contributed by atoms with Crippen molar-refractivity contribution < 1.29 is 9.53 Å². The van der Waals surface area contributed by atoms with E-state index in [2.05, 4.69) is 0 Å². The summed E-state index contributed by atoms with van der Waals surface area (Å²) in [5, 5.41) is 0. The maximum atomic E-state index is 11.0. The van der Waals surface area contributed by atoms with E-state index in [-0.39, 0.29) is 5.97 Å². The van der Waals surface area contributed by atoms with Gasteiger partial charge >= 0.3 is 5.97 Å². The molecule has 1 aliphatic heterocycles. The summed E-state index contributed by atoms with van der Waals surface area (Å²) >= 11 is 0. The molecule has 0 amide bonds. The molecule has 1 heterocycles. The van der Waals surface area contributed by atoms with Gasteiger partial charge < -0.3 is 9.64 Å². The van der Waals surface area contributed by atoms with Crippen molar-refractivity contribution in [1.82, 2.24) is 4.90 Å². The van der Waals surface area contributed by atoms with Gasteiger partial charge in [0.05, 0.1) is 6.61 Å². The SMILES string of the molecule is CCOC(=O)CN1C=CCC=C1. The van der Waals surface area contributed by atoms with Gasteiger partial charge in [-0.1, -0.05) is 12.2 Å². The number of esters is 1. The highest BCUT2D eigenvalue weighted by molar-refractivity contribution is 5.72. The van der Waals surface area contributed by atoms with E-state index in [0.717, 1.165) is 6.42 Å². The van der Waals surface area contributed by atoms with Gasteiger partial charge in [-0.05, 0) is 13.3 Å². The van der Waals surface area contributed by atoms with Gasteiger partial charge in [-0.3, -0.25) is 4.79 Å². The summed E-state index contributed by atoms with van der Waals surface area (Å²) in [6, 6.07) is 0. The molecule has 1 rings (SSSR count). The Hall–Kier alpha value is -1.25. The van der Waals surface area contributed by atoms with Gasteiger partial charge in [-0.25, -0.2) is 0 Å². The number of allylic oxidation sites excluding steroid dienone is 2. The first-order valence-corrected chi connectivity index (χ1v) is 4.07. The number of hydrogen-bond acceptors (Lipinski definition) is 3. The lowest BCUT2D eigenvalue weighted by molar-refractivity contribution is -0.143. The zero-order chi connectivity index (χ0) is 8.81. The number of hydrogen-bond donors (Lipinski definition) is 0. The molecule has 0 aliphatic carbocycles. The molecule has 0 bridgehead atoms. The van der Waals surface area contributed by atoms with Crippen molar-refractivity contribution in [2.75, 3.05) is 13.2 Å². The minimum Gasteiger partial charge on any atom is -0.465 e. The highest BCUT2D eigenvalue weighted by atomic mass is 16.5. The molecule has 0 atom stereocenters. The molecule has 66 valence electrons. The quantitative estimate of drug-likeness (QED) is 0.593. The lowest BCUT2D eigenvalue weighted by Gasteiger charge is -2.16. The van der Waals surface area contributed by atoms with Crippen molar-refractivity contribution in [1.29, 1.82) is 0 Å². The molecule has 0 saturated carbocycles. The van der Waals surface area contributed by atoms with Crippen LogP contribution in [-0.2, 0) is 9.53 Å². The van der Waals surface area contributed by atoms with E-state index >= 15 is 0 Å². The normalized spacial score (nSPS) is 14.9. The Morgan fingerprint density at radius 2 is 2.17 bits per heavy atom. The number of nitrogens with zero attached hydrogens (tertiary/aromatic N) is 1. The average molecular weight is 167 g/mol. The Bertz CT molecular complexity index is 197. The van der Waals surface area contributed by atoms with Crippen molar-refractivity contribution >= 4 is 5.97 Å². The third-order valence-corrected chi connectivity index (χ3v) is 1.48. The smallest absolute Gasteiger partial charge is 0.325 e.